The van der Waals surface area contributed by atoms with Crippen molar-refractivity contribution in [3.8, 4) is 0 Å². The van der Waals surface area contributed by atoms with Crippen molar-refractivity contribution in [1.29, 1.82) is 0 Å². The molecule has 0 aliphatic rings. The topological polar surface area (TPSA) is 28.7 Å². The third kappa shape index (κ3) is 4.59. The zero-order chi connectivity index (χ0) is 16.0. The molecule has 0 bridgehead atoms. The molecule has 0 spiro atoms. The Morgan fingerprint density at radius 1 is 1.00 bits per heavy atom. The first kappa shape index (κ1) is 18.3. The van der Waals surface area contributed by atoms with Crippen LogP contribution in [0.3, 0.4) is 0 Å². The summed E-state index contributed by atoms with van der Waals surface area (Å²) in [6.45, 7) is 16.1. The van der Waals surface area contributed by atoms with Gasteiger partial charge in [-0.2, -0.15) is 0 Å². The van der Waals surface area contributed by atoms with Crippen molar-refractivity contribution in [1.82, 2.24) is 9.97 Å². The Balaban J connectivity index is 3.05. The lowest BCUT2D eigenvalue weighted by Gasteiger charge is -2.22. The molecule has 0 aliphatic carbocycles. The Bertz CT molecular complexity index is 390. The number of H-pyrrole nitrogens is 1. The largest absolute Gasteiger partial charge is 0.345 e. The SMILES string of the molecule is CCCCCC(C)(C)c1nc(C(C)CC)c(C(C)CC)[nH]1. The van der Waals surface area contributed by atoms with Crippen molar-refractivity contribution in [3.05, 3.63) is 17.2 Å². The quantitative estimate of drug-likeness (QED) is 0.532. The van der Waals surface area contributed by atoms with Crippen molar-refractivity contribution in [3.63, 3.8) is 0 Å². The number of rotatable bonds is 9. The maximum absolute atomic E-state index is 5.04. The fourth-order valence-electron chi connectivity index (χ4n) is 2.80. The van der Waals surface area contributed by atoms with E-state index in [1.165, 1.54) is 49.3 Å². The number of nitrogens with zero attached hydrogens (tertiary/aromatic N) is 1. The van der Waals surface area contributed by atoms with Gasteiger partial charge in [0.15, 0.2) is 0 Å². The molecule has 2 nitrogen and oxygen atoms in total. The van der Waals surface area contributed by atoms with Gasteiger partial charge in [0, 0.05) is 11.1 Å². The van der Waals surface area contributed by atoms with Gasteiger partial charge in [-0.25, -0.2) is 4.98 Å². The second kappa shape index (κ2) is 8.00. The lowest BCUT2D eigenvalue weighted by atomic mass is 9.86. The molecule has 21 heavy (non-hydrogen) atoms. The van der Waals surface area contributed by atoms with Crippen LogP contribution in [0, 0.1) is 0 Å². The summed E-state index contributed by atoms with van der Waals surface area (Å²) in [7, 11) is 0. The van der Waals surface area contributed by atoms with Gasteiger partial charge < -0.3 is 4.98 Å². The molecule has 1 N–H and O–H groups in total. The zero-order valence-corrected chi connectivity index (χ0v) is 15.3. The van der Waals surface area contributed by atoms with Gasteiger partial charge in [0.1, 0.15) is 5.82 Å². The standard InChI is InChI=1S/C19H36N2/c1-8-11-12-13-19(6,7)18-20-16(14(4)9-2)17(21-18)15(5)10-3/h14-15H,8-13H2,1-7H3,(H,20,21). The van der Waals surface area contributed by atoms with Crippen LogP contribution in [0.15, 0.2) is 0 Å². The molecule has 0 aliphatic heterocycles. The number of unbranched alkanes of at least 4 members (excludes halogenated alkanes) is 2. The van der Waals surface area contributed by atoms with Crippen LogP contribution in [-0.4, -0.2) is 9.97 Å². The predicted octanol–water partition coefficient (Wildman–Crippen LogP) is 6.29. The molecular weight excluding hydrogens is 256 g/mol. The van der Waals surface area contributed by atoms with Crippen molar-refractivity contribution in [2.45, 2.75) is 104 Å². The lowest BCUT2D eigenvalue weighted by Crippen LogP contribution is -2.19. The van der Waals surface area contributed by atoms with Crippen LogP contribution in [0.4, 0.5) is 0 Å². The van der Waals surface area contributed by atoms with Crippen LogP contribution in [0.25, 0.3) is 0 Å². The average Bonchev–Trinajstić information content (AvgIpc) is 2.91. The van der Waals surface area contributed by atoms with E-state index in [1.54, 1.807) is 0 Å². The molecule has 0 amide bonds. The number of imidazole rings is 1. The minimum absolute atomic E-state index is 0.156. The molecule has 0 radical (unpaired) electrons. The molecule has 2 heteroatoms. The zero-order valence-electron chi connectivity index (χ0n) is 15.3. The van der Waals surface area contributed by atoms with Gasteiger partial charge >= 0.3 is 0 Å². The number of hydrogen-bond donors (Lipinski definition) is 1. The van der Waals surface area contributed by atoms with Gasteiger partial charge in [-0.05, 0) is 31.1 Å². The number of hydrogen-bond acceptors (Lipinski definition) is 1. The van der Waals surface area contributed by atoms with Gasteiger partial charge in [0.2, 0.25) is 0 Å². The second-order valence-electron chi connectivity index (χ2n) is 7.34. The first-order valence-corrected chi connectivity index (χ1v) is 8.97. The summed E-state index contributed by atoms with van der Waals surface area (Å²) in [5.74, 6) is 2.32. The van der Waals surface area contributed by atoms with E-state index in [1.807, 2.05) is 0 Å². The Kier molecular flexibility index (Phi) is 6.96. The highest BCUT2D eigenvalue weighted by molar-refractivity contribution is 5.25. The van der Waals surface area contributed by atoms with Gasteiger partial charge in [-0.1, -0.05) is 67.7 Å². The molecule has 122 valence electrons. The van der Waals surface area contributed by atoms with Crippen LogP contribution in [0.1, 0.15) is 116 Å². The van der Waals surface area contributed by atoms with E-state index in [9.17, 15) is 0 Å². The van der Waals surface area contributed by atoms with Crippen molar-refractivity contribution in [2.75, 3.05) is 0 Å². The highest BCUT2D eigenvalue weighted by Crippen LogP contribution is 2.33. The third-order valence-corrected chi connectivity index (χ3v) is 4.99. The average molecular weight is 293 g/mol. The molecule has 0 saturated heterocycles. The molecule has 2 unspecified atom stereocenters. The minimum atomic E-state index is 0.156. The molecule has 0 fully saturated rings. The van der Waals surface area contributed by atoms with Crippen LogP contribution in [-0.2, 0) is 5.41 Å². The van der Waals surface area contributed by atoms with E-state index in [-0.39, 0.29) is 5.41 Å². The molecule has 1 heterocycles. The van der Waals surface area contributed by atoms with E-state index in [0.717, 1.165) is 6.42 Å². The van der Waals surface area contributed by atoms with E-state index in [0.29, 0.717) is 11.8 Å². The molecule has 1 aromatic heterocycles. The molecule has 1 rings (SSSR count). The van der Waals surface area contributed by atoms with E-state index >= 15 is 0 Å². The van der Waals surface area contributed by atoms with Crippen LogP contribution >= 0.6 is 0 Å². The molecule has 1 aromatic rings. The molecular formula is C19H36N2. The molecule has 0 aromatic carbocycles. The Hall–Kier alpha value is -0.790. The fraction of sp³-hybridized carbons (Fsp3) is 0.842. The minimum Gasteiger partial charge on any atom is -0.345 e. The van der Waals surface area contributed by atoms with Crippen molar-refractivity contribution >= 4 is 0 Å². The number of aromatic amines is 1. The number of aromatic nitrogens is 2. The molecule has 2 atom stereocenters. The maximum Gasteiger partial charge on any atom is 0.112 e. The van der Waals surface area contributed by atoms with Gasteiger partial charge in [-0.15, -0.1) is 0 Å². The Morgan fingerprint density at radius 3 is 2.14 bits per heavy atom. The van der Waals surface area contributed by atoms with Crippen LogP contribution in [0.2, 0.25) is 0 Å². The summed E-state index contributed by atoms with van der Waals surface area (Å²) >= 11 is 0. The maximum atomic E-state index is 5.04. The monoisotopic (exact) mass is 292 g/mol. The summed E-state index contributed by atoms with van der Waals surface area (Å²) in [5.41, 5.74) is 2.85. The third-order valence-electron chi connectivity index (χ3n) is 4.99. The normalized spacial score (nSPS) is 15.2. The summed E-state index contributed by atoms with van der Waals surface area (Å²) in [6.07, 6.45) is 7.44. The Morgan fingerprint density at radius 2 is 1.62 bits per heavy atom. The highest BCUT2D eigenvalue weighted by atomic mass is 15.0. The Labute approximate surface area is 132 Å². The van der Waals surface area contributed by atoms with Gasteiger partial charge in [0.05, 0.1) is 5.69 Å². The van der Waals surface area contributed by atoms with Crippen molar-refractivity contribution < 1.29 is 0 Å². The second-order valence-corrected chi connectivity index (χ2v) is 7.34. The van der Waals surface area contributed by atoms with Gasteiger partial charge in [-0.3, -0.25) is 0 Å². The number of nitrogens with one attached hydrogen (secondary N) is 1. The summed E-state index contributed by atoms with van der Waals surface area (Å²) in [4.78, 5) is 8.75. The summed E-state index contributed by atoms with van der Waals surface area (Å²) in [6, 6.07) is 0. The fourth-order valence-corrected chi connectivity index (χ4v) is 2.80. The van der Waals surface area contributed by atoms with Crippen molar-refractivity contribution in [2.24, 2.45) is 0 Å². The first-order chi connectivity index (χ1) is 9.87. The van der Waals surface area contributed by atoms with E-state index in [4.69, 9.17) is 4.98 Å². The van der Waals surface area contributed by atoms with Crippen LogP contribution in [0.5, 0.6) is 0 Å². The smallest absolute Gasteiger partial charge is 0.112 e. The van der Waals surface area contributed by atoms with Gasteiger partial charge in [0.25, 0.3) is 0 Å². The first-order valence-electron chi connectivity index (χ1n) is 8.97. The predicted molar refractivity (Wildman–Crippen MR) is 93.2 cm³/mol. The summed E-state index contributed by atoms with van der Waals surface area (Å²) < 4.78 is 0. The highest BCUT2D eigenvalue weighted by Gasteiger charge is 2.27. The summed E-state index contributed by atoms with van der Waals surface area (Å²) in [5, 5.41) is 0. The van der Waals surface area contributed by atoms with E-state index in [2.05, 4.69) is 53.5 Å². The van der Waals surface area contributed by atoms with E-state index < -0.39 is 0 Å². The van der Waals surface area contributed by atoms with Crippen LogP contribution < -0.4 is 0 Å². The lowest BCUT2D eigenvalue weighted by molar-refractivity contribution is 0.427. The molecule has 0 saturated carbocycles.